The summed E-state index contributed by atoms with van der Waals surface area (Å²) in [5.41, 5.74) is 7.58. The van der Waals surface area contributed by atoms with Gasteiger partial charge in [-0.3, -0.25) is 25.8 Å². The highest BCUT2D eigenvalue weighted by Crippen LogP contribution is 2.17. The molecule has 2 rings (SSSR count). The minimum atomic E-state index is -0.431. The second kappa shape index (κ2) is 10.0. The van der Waals surface area contributed by atoms with E-state index in [1.807, 2.05) is 37.3 Å². The Kier molecular flexibility index (Phi) is 7.75. The predicted octanol–water partition coefficient (Wildman–Crippen LogP) is 3.03. The van der Waals surface area contributed by atoms with Crippen LogP contribution in [-0.4, -0.2) is 23.5 Å². The molecule has 8 heteroatoms. The molecule has 0 aromatic heterocycles. The number of halogens is 1. The molecule has 0 bridgehead atoms. The van der Waals surface area contributed by atoms with Gasteiger partial charge < -0.3 is 4.74 Å². The van der Waals surface area contributed by atoms with Gasteiger partial charge in [-0.15, -0.1) is 0 Å². The fourth-order valence-electron chi connectivity index (χ4n) is 2.08. The van der Waals surface area contributed by atoms with Crippen molar-refractivity contribution in [1.29, 1.82) is 0 Å². The molecule has 2 aromatic carbocycles. The number of hydrogen-bond acceptors (Lipinski definition) is 4. The first-order valence-electron chi connectivity index (χ1n) is 8.27. The van der Waals surface area contributed by atoms with Crippen LogP contribution in [0.15, 0.2) is 46.9 Å². The van der Waals surface area contributed by atoms with Gasteiger partial charge in [-0.2, -0.15) is 0 Å². The Balaban J connectivity index is 1.74. The monoisotopic (exact) mass is 449 g/mol. The third-order valence-corrected chi connectivity index (χ3v) is 4.74. The Labute approximate surface area is 171 Å². The molecule has 0 unspecified atom stereocenters. The molecule has 142 valence electrons. The first-order valence-corrected chi connectivity index (χ1v) is 9.47. The summed E-state index contributed by atoms with van der Waals surface area (Å²) in [5.74, 6) is -0.210. The lowest BCUT2D eigenvalue weighted by Gasteiger charge is -2.12. The Morgan fingerprint density at radius 1 is 1.11 bits per heavy atom. The maximum atomic E-state index is 12.1. The van der Waals surface area contributed by atoms with Crippen molar-refractivity contribution in [3.8, 4) is 5.75 Å². The van der Waals surface area contributed by atoms with Crippen LogP contribution in [0.1, 0.15) is 28.4 Å². The fourth-order valence-corrected chi connectivity index (χ4v) is 2.63. The number of carbonyl (C=O) groups excluding carboxylic acids is 2. The average molecular weight is 450 g/mol. The number of hydrazine groups is 1. The van der Waals surface area contributed by atoms with Crippen LogP contribution in [0.3, 0.4) is 0 Å². The van der Waals surface area contributed by atoms with E-state index in [2.05, 4.69) is 39.0 Å². The highest BCUT2D eigenvalue weighted by Gasteiger charge is 2.09. The molecule has 27 heavy (non-hydrogen) atoms. The van der Waals surface area contributed by atoms with Crippen LogP contribution in [-0.2, 0) is 11.2 Å². The van der Waals surface area contributed by atoms with Gasteiger partial charge in [0.1, 0.15) is 5.75 Å². The maximum absolute atomic E-state index is 12.1. The predicted molar refractivity (Wildman–Crippen MR) is 112 cm³/mol. The molecule has 0 radical (unpaired) electrons. The summed E-state index contributed by atoms with van der Waals surface area (Å²) in [6.07, 6.45) is 0.936. The number of thiocarbonyl (C=S) groups is 1. The van der Waals surface area contributed by atoms with Crippen molar-refractivity contribution >= 4 is 45.1 Å². The fraction of sp³-hybridized carbons (Fsp3) is 0.211. The minimum Gasteiger partial charge on any atom is -0.484 e. The number of nitrogens with one attached hydrogen (secondary N) is 3. The van der Waals surface area contributed by atoms with Crippen LogP contribution in [0.25, 0.3) is 0 Å². The molecule has 0 fully saturated rings. The summed E-state index contributed by atoms with van der Waals surface area (Å²) < 4.78 is 6.22. The van der Waals surface area contributed by atoms with E-state index >= 15 is 0 Å². The van der Waals surface area contributed by atoms with Crippen LogP contribution in [0, 0.1) is 6.92 Å². The van der Waals surface area contributed by atoms with Crippen molar-refractivity contribution < 1.29 is 14.3 Å². The molecule has 0 aliphatic rings. The zero-order valence-corrected chi connectivity index (χ0v) is 17.4. The summed E-state index contributed by atoms with van der Waals surface area (Å²) in [6, 6.07) is 12.7. The summed E-state index contributed by atoms with van der Waals surface area (Å²) >= 11 is 8.36. The van der Waals surface area contributed by atoms with Crippen LogP contribution in [0.4, 0.5) is 0 Å². The summed E-state index contributed by atoms with van der Waals surface area (Å²) in [5, 5.41) is 2.41. The molecule has 3 N–H and O–H groups in total. The van der Waals surface area contributed by atoms with E-state index in [-0.39, 0.29) is 17.6 Å². The zero-order chi connectivity index (χ0) is 19.8. The van der Waals surface area contributed by atoms with Crippen LogP contribution in [0.5, 0.6) is 5.75 Å². The average Bonchev–Trinajstić information content (AvgIpc) is 2.67. The van der Waals surface area contributed by atoms with E-state index in [0.717, 1.165) is 16.5 Å². The lowest BCUT2D eigenvalue weighted by molar-refractivity contribution is -0.121. The maximum Gasteiger partial charge on any atom is 0.269 e. The Bertz CT molecular complexity index is 841. The Morgan fingerprint density at radius 3 is 2.44 bits per heavy atom. The van der Waals surface area contributed by atoms with E-state index in [0.29, 0.717) is 11.3 Å². The van der Waals surface area contributed by atoms with Gasteiger partial charge in [0.2, 0.25) is 0 Å². The highest BCUT2D eigenvalue weighted by atomic mass is 79.9. The van der Waals surface area contributed by atoms with Crippen molar-refractivity contribution in [2.45, 2.75) is 20.3 Å². The van der Waals surface area contributed by atoms with Gasteiger partial charge in [-0.05, 0) is 61.0 Å². The van der Waals surface area contributed by atoms with E-state index in [4.69, 9.17) is 17.0 Å². The van der Waals surface area contributed by atoms with Crippen molar-refractivity contribution in [3.05, 3.63) is 63.6 Å². The van der Waals surface area contributed by atoms with Crippen LogP contribution in [0.2, 0.25) is 0 Å². The summed E-state index contributed by atoms with van der Waals surface area (Å²) in [4.78, 5) is 23.9. The van der Waals surface area contributed by atoms with Gasteiger partial charge in [-0.25, -0.2) is 0 Å². The van der Waals surface area contributed by atoms with Gasteiger partial charge in [-0.1, -0.05) is 41.1 Å². The van der Waals surface area contributed by atoms with E-state index in [9.17, 15) is 9.59 Å². The highest BCUT2D eigenvalue weighted by molar-refractivity contribution is 9.10. The second-order valence-corrected chi connectivity index (χ2v) is 6.97. The minimum absolute atomic E-state index is 0.0236. The number of benzene rings is 2. The zero-order valence-electron chi connectivity index (χ0n) is 15.0. The van der Waals surface area contributed by atoms with E-state index < -0.39 is 5.91 Å². The smallest absolute Gasteiger partial charge is 0.269 e. The molecule has 0 aliphatic carbocycles. The molecule has 0 saturated carbocycles. The SMILES string of the molecule is CCc1ccc(OCC(=O)NC(=S)NNC(=O)c2ccc(C)c(Br)c2)cc1. The number of amides is 2. The van der Waals surface area contributed by atoms with Crippen molar-refractivity contribution in [2.24, 2.45) is 0 Å². The number of ether oxygens (including phenoxy) is 1. The molecular formula is C19H20BrN3O3S. The van der Waals surface area contributed by atoms with Gasteiger partial charge in [0.15, 0.2) is 11.7 Å². The Morgan fingerprint density at radius 2 is 1.81 bits per heavy atom. The molecule has 2 aromatic rings. The standard InChI is InChI=1S/C19H20BrN3O3S/c1-3-13-5-8-15(9-6-13)26-11-17(24)21-19(27)23-22-18(25)14-7-4-12(2)16(20)10-14/h4-10H,3,11H2,1-2H3,(H,22,25)(H2,21,23,24,27). The van der Waals surface area contributed by atoms with Crippen molar-refractivity contribution in [1.82, 2.24) is 16.2 Å². The molecule has 0 spiro atoms. The normalized spacial score (nSPS) is 10.0. The first-order chi connectivity index (χ1) is 12.9. The molecule has 6 nitrogen and oxygen atoms in total. The third-order valence-electron chi connectivity index (χ3n) is 3.68. The summed E-state index contributed by atoms with van der Waals surface area (Å²) in [7, 11) is 0. The number of rotatable bonds is 5. The van der Waals surface area contributed by atoms with Crippen molar-refractivity contribution in [3.63, 3.8) is 0 Å². The molecule has 2 amide bonds. The van der Waals surface area contributed by atoms with Crippen molar-refractivity contribution in [2.75, 3.05) is 6.61 Å². The van der Waals surface area contributed by atoms with Crippen LogP contribution >= 0.6 is 28.1 Å². The first kappa shape index (κ1) is 20.9. The van der Waals surface area contributed by atoms with E-state index in [1.54, 1.807) is 12.1 Å². The van der Waals surface area contributed by atoms with Gasteiger partial charge in [0.05, 0.1) is 0 Å². The topological polar surface area (TPSA) is 79.5 Å². The molecule has 0 saturated heterocycles. The number of aryl methyl sites for hydroxylation is 2. The quantitative estimate of drug-likeness (QED) is 0.482. The molecular weight excluding hydrogens is 430 g/mol. The Hall–Kier alpha value is -2.45. The molecule has 0 atom stereocenters. The number of hydrogen-bond donors (Lipinski definition) is 3. The van der Waals surface area contributed by atoms with Gasteiger partial charge in [0, 0.05) is 10.0 Å². The lowest BCUT2D eigenvalue weighted by Crippen LogP contribution is -2.49. The molecule has 0 heterocycles. The largest absolute Gasteiger partial charge is 0.484 e. The van der Waals surface area contributed by atoms with Gasteiger partial charge >= 0.3 is 0 Å². The second-order valence-electron chi connectivity index (χ2n) is 5.71. The van der Waals surface area contributed by atoms with Crippen LogP contribution < -0.4 is 20.9 Å². The molecule has 0 aliphatic heterocycles. The lowest BCUT2D eigenvalue weighted by atomic mass is 10.1. The van der Waals surface area contributed by atoms with Gasteiger partial charge in [0.25, 0.3) is 11.8 Å². The van der Waals surface area contributed by atoms with E-state index in [1.165, 1.54) is 5.56 Å². The summed E-state index contributed by atoms with van der Waals surface area (Å²) in [6.45, 7) is 3.80. The third kappa shape index (κ3) is 6.65. The number of carbonyl (C=O) groups is 2.